The van der Waals surface area contributed by atoms with Crippen molar-refractivity contribution in [3.8, 4) is 11.1 Å². The van der Waals surface area contributed by atoms with Crippen LogP contribution < -0.4 is 5.32 Å². The molecule has 39 heavy (non-hydrogen) atoms. The number of nitrogens with zero attached hydrogens (tertiary/aromatic N) is 3. The van der Waals surface area contributed by atoms with Crippen LogP contribution in [0.3, 0.4) is 0 Å². The summed E-state index contributed by atoms with van der Waals surface area (Å²) in [5, 5.41) is 16.4. The van der Waals surface area contributed by atoms with Gasteiger partial charge in [0, 0.05) is 19.5 Å². The molecule has 0 radical (unpaired) electrons. The summed E-state index contributed by atoms with van der Waals surface area (Å²) in [4.78, 5) is 38.4. The maximum Gasteiger partial charge on any atom is 0.407 e. The van der Waals surface area contributed by atoms with Gasteiger partial charge in [-0.3, -0.25) is 14.3 Å². The third kappa shape index (κ3) is 5.67. The van der Waals surface area contributed by atoms with Gasteiger partial charge in [0.15, 0.2) is 0 Å². The van der Waals surface area contributed by atoms with E-state index in [1.165, 1.54) is 9.58 Å². The van der Waals surface area contributed by atoms with E-state index in [0.717, 1.165) is 27.8 Å². The highest BCUT2D eigenvalue weighted by Gasteiger charge is 2.29. The Labute approximate surface area is 225 Å². The van der Waals surface area contributed by atoms with Gasteiger partial charge in [0.05, 0.1) is 12.2 Å². The molecule has 0 unspecified atom stereocenters. The molecule has 9 heteroatoms. The lowest BCUT2D eigenvalue weighted by Gasteiger charge is -2.20. The highest BCUT2D eigenvalue weighted by atomic mass is 16.5. The molecule has 198 valence electrons. The monoisotopic (exact) mass is 524 g/mol. The van der Waals surface area contributed by atoms with Crippen molar-refractivity contribution in [3.63, 3.8) is 0 Å². The third-order valence-corrected chi connectivity index (χ3v) is 6.74. The standard InChI is InChI=1S/C30H28N4O5/c1-33-27(29(37)34(18-28(35)36)17-20-9-3-2-4-10-20)15-21(32-33)16-31-30(38)39-19-26-24-13-7-5-11-22(24)23-12-6-8-14-25(23)26/h2-15,26H,16-19H2,1H3,(H,31,38)(H,35,36). The van der Waals surface area contributed by atoms with Crippen molar-refractivity contribution in [2.24, 2.45) is 7.05 Å². The van der Waals surface area contributed by atoms with E-state index in [1.807, 2.05) is 54.6 Å². The summed E-state index contributed by atoms with van der Waals surface area (Å²) in [5.41, 5.74) is 6.03. The minimum atomic E-state index is -1.11. The minimum Gasteiger partial charge on any atom is -0.480 e. The van der Waals surface area contributed by atoms with Gasteiger partial charge >= 0.3 is 12.1 Å². The van der Waals surface area contributed by atoms with Crippen LogP contribution in [0, 0.1) is 0 Å². The van der Waals surface area contributed by atoms with Crippen LogP contribution in [-0.2, 0) is 29.7 Å². The Balaban J connectivity index is 1.21. The van der Waals surface area contributed by atoms with E-state index in [9.17, 15) is 19.5 Å². The lowest BCUT2D eigenvalue weighted by molar-refractivity contribution is -0.137. The van der Waals surface area contributed by atoms with Crippen LogP contribution in [0.5, 0.6) is 0 Å². The predicted molar refractivity (Wildman–Crippen MR) is 144 cm³/mol. The van der Waals surface area contributed by atoms with E-state index in [-0.39, 0.29) is 31.3 Å². The lowest BCUT2D eigenvalue weighted by atomic mass is 9.98. The first-order valence-corrected chi connectivity index (χ1v) is 12.6. The maximum absolute atomic E-state index is 13.2. The second kappa shape index (κ2) is 11.2. The second-order valence-corrected chi connectivity index (χ2v) is 9.36. The average molecular weight is 525 g/mol. The predicted octanol–water partition coefficient (Wildman–Crippen LogP) is 4.19. The Kier molecular flexibility index (Phi) is 7.40. The van der Waals surface area contributed by atoms with Crippen LogP contribution in [0.1, 0.15) is 38.8 Å². The molecule has 2 amide bonds. The van der Waals surface area contributed by atoms with E-state index in [1.54, 1.807) is 13.1 Å². The Morgan fingerprint density at radius 3 is 2.21 bits per heavy atom. The molecule has 5 rings (SSSR count). The first-order chi connectivity index (χ1) is 18.9. The first-order valence-electron chi connectivity index (χ1n) is 12.6. The molecule has 1 aliphatic rings. The van der Waals surface area contributed by atoms with Crippen molar-refractivity contribution in [3.05, 3.63) is 113 Å². The third-order valence-electron chi connectivity index (χ3n) is 6.74. The molecular formula is C30H28N4O5. The van der Waals surface area contributed by atoms with Gasteiger partial charge in [-0.15, -0.1) is 0 Å². The molecule has 0 saturated heterocycles. The molecule has 0 spiro atoms. The lowest BCUT2D eigenvalue weighted by Crippen LogP contribution is -2.36. The summed E-state index contributed by atoms with van der Waals surface area (Å²) >= 11 is 0. The molecular weight excluding hydrogens is 496 g/mol. The highest BCUT2D eigenvalue weighted by Crippen LogP contribution is 2.44. The number of fused-ring (bicyclic) bond motifs is 3. The fourth-order valence-electron chi connectivity index (χ4n) is 4.95. The molecule has 9 nitrogen and oxygen atoms in total. The molecule has 1 aromatic heterocycles. The van der Waals surface area contributed by atoms with Gasteiger partial charge in [-0.2, -0.15) is 5.10 Å². The van der Waals surface area contributed by atoms with Crippen molar-refractivity contribution < 1.29 is 24.2 Å². The fraction of sp³-hybridized carbons (Fsp3) is 0.200. The summed E-state index contributed by atoms with van der Waals surface area (Å²) in [6.07, 6.45) is -0.591. The number of aryl methyl sites for hydroxylation is 1. The Morgan fingerprint density at radius 2 is 1.56 bits per heavy atom. The molecule has 0 saturated carbocycles. The molecule has 2 N–H and O–H groups in total. The molecule has 0 aliphatic heterocycles. The molecule has 4 aromatic rings. The van der Waals surface area contributed by atoms with Crippen LogP contribution >= 0.6 is 0 Å². The quantitative estimate of drug-likeness (QED) is 0.340. The van der Waals surface area contributed by atoms with E-state index in [0.29, 0.717) is 5.69 Å². The topological polar surface area (TPSA) is 114 Å². The Hall–Kier alpha value is -4.92. The van der Waals surface area contributed by atoms with Crippen molar-refractivity contribution in [1.29, 1.82) is 0 Å². The van der Waals surface area contributed by atoms with Crippen LogP contribution in [0.15, 0.2) is 84.9 Å². The highest BCUT2D eigenvalue weighted by molar-refractivity contribution is 5.94. The van der Waals surface area contributed by atoms with Crippen LogP contribution in [-0.4, -0.2) is 50.9 Å². The van der Waals surface area contributed by atoms with Gasteiger partial charge in [0.1, 0.15) is 18.8 Å². The number of alkyl carbamates (subject to hydrolysis) is 1. The number of amides is 2. The average Bonchev–Trinajstić information content (AvgIpc) is 3.47. The van der Waals surface area contributed by atoms with Crippen molar-refractivity contribution >= 4 is 18.0 Å². The van der Waals surface area contributed by atoms with Crippen LogP contribution in [0.25, 0.3) is 11.1 Å². The number of aliphatic carboxylic acids is 1. The summed E-state index contributed by atoms with van der Waals surface area (Å²) in [6, 6.07) is 26.9. The van der Waals surface area contributed by atoms with E-state index in [4.69, 9.17) is 4.74 Å². The number of aromatic nitrogens is 2. The normalized spacial score (nSPS) is 11.9. The van der Waals surface area contributed by atoms with Crippen molar-refractivity contribution in [2.45, 2.75) is 19.0 Å². The molecule has 3 aromatic carbocycles. The molecule has 1 aliphatic carbocycles. The minimum absolute atomic E-state index is 0.0490. The summed E-state index contributed by atoms with van der Waals surface area (Å²) in [6.45, 7) is -0.0679. The first kappa shape index (κ1) is 25.7. The second-order valence-electron chi connectivity index (χ2n) is 9.36. The number of hydrogen-bond acceptors (Lipinski definition) is 5. The van der Waals surface area contributed by atoms with Gasteiger partial charge in [-0.05, 0) is 33.9 Å². The Morgan fingerprint density at radius 1 is 0.949 bits per heavy atom. The number of carboxylic acid groups (broad SMARTS) is 1. The van der Waals surface area contributed by atoms with Gasteiger partial charge in [-0.1, -0.05) is 78.9 Å². The smallest absolute Gasteiger partial charge is 0.407 e. The van der Waals surface area contributed by atoms with Gasteiger partial charge < -0.3 is 20.1 Å². The molecule has 0 atom stereocenters. The number of ether oxygens (including phenoxy) is 1. The SMILES string of the molecule is Cn1nc(CNC(=O)OCC2c3ccccc3-c3ccccc32)cc1C(=O)N(CC(=O)O)Cc1ccccc1. The number of hydrogen-bond donors (Lipinski definition) is 2. The largest absolute Gasteiger partial charge is 0.480 e. The molecule has 0 bridgehead atoms. The van der Waals surface area contributed by atoms with E-state index in [2.05, 4.69) is 34.7 Å². The zero-order valence-corrected chi connectivity index (χ0v) is 21.4. The van der Waals surface area contributed by atoms with Crippen LogP contribution in [0.4, 0.5) is 4.79 Å². The zero-order chi connectivity index (χ0) is 27.4. The molecule has 1 heterocycles. The maximum atomic E-state index is 13.2. The number of benzene rings is 3. The number of carbonyl (C=O) groups excluding carboxylic acids is 2. The summed E-state index contributed by atoms with van der Waals surface area (Å²) < 4.78 is 6.96. The number of rotatable bonds is 9. The van der Waals surface area contributed by atoms with Crippen molar-refractivity contribution in [2.75, 3.05) is 13.2 Å². The van der Waals surface area contributed by atoms with Gasteiger partial charge in [0.2, 0.25) is 0 Å². The zero-order valence-electron chi connectivity index (χ0n) is 21.4. The molecule has 0 fully saturated rings. The number of nitrogens with one attached hydrogen (secondary N) is 1. The van der Waals surface area contributed by atoms with Gasteiger partial charge in [0.25, 0.3) is 5.91 Å². The summed E-state index contributed by atoms with van der Waals surface area (Å²) in [7, 11) is 1.60. The number of carbonyl (C=O) groups is 3. The van der Waals surface area contributed by atoms with Crippen LogP contribution in [0.2, 0.25) is 0 Å². The number of carboxylic acids is 1. The van der Waals surface area contributed by atoms with E-state index < -0.39 is 24.5 Å². The Bertz CT molecular complexity index is 1470. The van der Waals surface area contributed by atoms with E-state index >= 15 is 0 Å². The van der Waals surface area contributed by atoms with Gasteiger partial charge in [-0.25, -0.2) is 4.79 Å². The van der Waals surface area contributed by atoms with Crippen molar-refractivity contribution in [1.82, 2.24) is 20.0 Å². The summed E-state index contributed by atoms with van der Waals surface area (Å²) in [5.74, 6) is -1.63. The fourth-order valence-corrected chi connectivity index (χ4v) is 4.95.